The van der Waals surface area contributed by atoms with Crippen LogP contribution >= 0.6 is 0 Å². The lowest BCUT2D eigenvalue weighted by atomic mass is 9.99. The van der Waals surface area contributed by atoms with E-state index in [1.807, 2.05) is 66.7 Å². The molecule has 0 N–H and O–H groups in total. The third-order valence-electron chi connectivity index (χ3n) is 10.7. The van der Waals surface area contributed by atoms with Gasteiger partial charge in [0.1, 0.15) is 11.2 Å². The molecular weight excluding hydrogens is 685 g/mol. The SMILES string of the molecule is c1ccc(-c2nc(-c3ccccc3)nc(-c3ccc4c5cc(-c6cccc7c6oc6c(-c8ccccc8)cccc67)ccc5n(-c5ccccc5)c4c3)n2)cc1. The largest absolute Gasteiger partial charge is 0.455 e. The Labute approximate surface area is 322 Å². The molecule has 0 aliphatic rings. The molecular formula is C51H32N4O. The Morgan fingerprint density at radius 2 is 0.821 bits per heavy atom. The van der Waals surface area contributed by atoms with E-state index in [2.05, 4.69) is 132 Å². The predicted octanol–water partition coefficient (Wildman–Crippen LogP) is 13.2. The number of fused-ring (bicyclic) bond motifs is 6. The van der Waals surface area contributed by atoms with Gasteiger partial charge in [-0.2, -0.15) is 0 Å². The number of benzene rings is 8. The number of rotatable bonds is 6. The van der Waals surface area contributed by atoms with Gasteiger partial charge in [-0.3, -0.25) is 0 Å². The van der Waals surface area contributed by atoms with E-state index in [1.165, 1.54) is 0 Å². The van der Waals surface area contributed by atoms with Gasteiger partial charge < -0.3 is 8.98 Å². The Bertz CT molecular complexity index is 3170. The second kappa shape index (κ2) is 13.0. The summed E-state index contributed by atoms with van der Waals surface area (Å²) in [5.74, 6) is 1.90. The summed E-state index contributed by atoms with van der Waals surface area (Å²) in [4.78, 5) is 15.0. The Hall–Kier alpha value is -7.63. The Morgan fingerprint density at radius 1 is 0.321 bits per heavy atom. The first-order valence-electron chi connectivity index (χ1n) is 18.8. The van der Waals surface area contributed by atoms with E-state index in [9.17, 15) is 0 Å². The van der Waals surface area contributed by atoms with Gasteiger partial charge in [0.05, 0.1) is 11.0 Å². The zero-order valence-corrected chi connectivity index (χ0v) is 30.2. The highest BCUT2D eigenvalue weighted by molar-refractivity contribution is 6.15. The zero-order valence-electron chi connectivity index (χ0n) is 30.2. The minimum Gasteiger partial charge on any atom is -0.455 e. The lowest BCUT2D eigenvalue weighted by Gasteiger charge is -2.10. The summed E-state index contributed by atoms with van der Waals surface area (Å²) >= 11 is 0. The van der Waals surface area contributed by atoms with Crippen LogP contribution in [0.3, 0.4) is 0 Å². The molecule has 5 nitrogen and oxygen atoms in total. The molecule has 0 atom stereocenters. The van der Waals surface area contributed by atoms with Gasteiger partial charge in [-0.15, -0.1) is 0 Å². The molecule has 5 heteroatoms. The highest BCUT2D eigenvalue weighted by atomic mass is 16.3. The molecule has 0 saturated carbocycles. The fourth-order valence-corrected chi connectivity index (χ4v) is 8.01. The summed E-state index contributed by atoms with van der Waals surface area (Å²) in [6.45, 7) is 0. The topological polar surface area (TPSA) is 56.7 Å². The average molecular weight is 717 g/mol. The van der Waals surface area contributed by atoms with Gasteiger partial charge in [0.15, 0.2) is 17.5 Å². The number of furan rings is 1. The van der Waals surface area contributed by atoms with Crippen molar-refractivity contribution in [1.82, 2.24) is 19.5 Å². The molecule has 0 unspecified atom stereocenters. The van der Waals surface area contributed by atoms with E-state index in [0.717, 1.165) is 88.4 Å². The first kappa shape index (κ1) is 31.9. The normalized spacial score (nSPS) is 11.6. The number of para-hydroxylation sites is 3. The molecule has 8 aromatic carbocycles. The summed E-state index contributed by atoms with van der Waals surface area (Å²) in [7, 11) is 0. The van der Waals surface area contributed by atoms with E-state index in [1.54, 1.807) is 0 Å². The van der Waals surface area contributed by atoms with Gasteiger partial charge in [0.2, 0.25) is 0 Å². The van der Waals surface area contributed by atoms with Crippen molar-refractivity contribution in [2.45, 2.75) is 0 Å². The van der Waals surface area contributed by atoms with Gasteiger partial charge in [-0.25, -0.2) is 15.0 Å². The molecule has 0 amide bonds. The average Bonchev–Trinajstić information content (AvgIpc) is 3.83. The maximum atomic E-state index is 6.82. The summed E-state index contributed by atoms with van der Waals surface area (Å²) in [6.07, 6.45) is 0. The lowest BCUT2D eigenvalue weighted by molar-refractivity contribution is 0.671. The van der Waals surface area contributed by atoms with Gasteiger partial charge in [-0.1, -0.05) is 164 Å². The Morgan fingerprint density at radius 3 is 1.41 bits per heavy atom. The second-order valence-electron chi connectivity index (χ2n) is 14.0. The van der Waals surface area contributed by atoms with Crippen molar-refractivity contribution in [1.29, 1.82) is 0 Å². The highest BCUT2D eigenvalue weighted by Gasteiger charge is 2.20. The number of hydrogen-bond acceptors (Lipinski definition) is 4. The molecule has 56 heavy (non-hydrogen) atoms. The van der Waals surface area contributed by atoms with Crippen LogP contribution in [0.4, 0.5) is 0 Å². The molecule has 0 aliphatic heterocycles. The van der Waals surface area contributed by atoms with E-state index in [0.29, 0.717) is 17.5 Å². The fourth-order valence-electron chi connectivity index (χ4n) is 8.01. The molecule has 3 heterocycles. The molecule has 0 fully saturated rings. The number of nitrogens with zero attached hydrogens (tertiary/aromatic N) is 4. The molecule has 0 bridgehead atoms. The fraction of sp³-hybridized carbons (Fsp3) is 0. The monoisotopic (exact) mass is 716 g/mol. The maximum absolute atomic E-state index is 6.82. The van der Waals surface area contributed by atoms with E-state index in [4.69, 9.17) is 19.4 Å². The van der Waals surface area contributed by atoms with Gasteiger partial charge in [0.25, 0.3) is 0 Å². The van der Waals surface area contributed by atoms with E-state index >= 15 is 0 Å². The standard InChI is InChI=1S/C51H32N4O/c1-5-15-33(16-6-1)39-23-13-25-42-43-26-14-24-40(48(43)56-47(39)42)36-28-30-45-44(31-36)41-29-27-37(32-46(41)55(45)38-21-11-4-12-22-38)51-53-49(34-17-7-2-8-18-34)52-50(54-51)35-19-9-3-10-20-35/h1-32H. The number of hydrogen-bond donors (Lipinski definition) is 0. The molecule has 3 aromatic heterocycles. The van der Waals surface area contributed by atoms with Crippen LogP contribution in [0, 0.1) is 0 Å². The summed E-state index contributed by atoms with van der Waals surface area (Å²) in [5.41, 5.74) is 12.2. The van der Waals surface area contributed by atoms with E-state index in [-0.39, 0.29) is 0 Å². The Balaban J connectivity index is 1.11. The van der Waals surface area contributed by atoms with Gasteiger partial charge >= 0.3 is 0 Å². The van der Waals surface area contributed by atoms with Gasteiger partial charge in [0, 0.05) is 55.0 Å². The van der Waals surface area contributed by atoms with Crippen molar-refractivity contribution in [3.63, 3.8) is 0 Å². The van der Waals surface area contributed by atoms with Crippen LogP contribution in [-0.2, 0) is 0 Å². The van der Waals surface area contributed by atoms with Crippen LogP contribution in [0.1, 0.15) is 0 Å². The van der Waals surface area contributed by atoms with Crippen LogP contribution in [-0.4, -0.2) is 19.5 Å². The molecule has 0 aliphatic carbocycles. The summed E-state index contributed by atoms with van der Waals surface area (Å²) in [5, 5.41) is 4.50. The first-order valence-corrected chi connectivity index (χ1v) is 18.8. The zero-order chi connectivity index (χ0) is 37.0. The van der Waals surface area contributed by atoms with Crippen LogP contribution in [0.25, 0.3) is 106 Å². The van der Waals surface area contributed by atoms with E-state index < -0.39 is 0 Å². The molecule has 11 rings (SSSR count). The van der Waals surface area contributed by atoms with Crippen molar-refractivity contribution < 1.29 is 4.42 Å². The second-order valence-corrected chi connectivity index (χ2v) is 14.0. The van der Waals surface area contributed by atoms with Crippen molar-refractivity contribution >= 4 is 43.7 Å². The smallest absolute Gasteiger partial charge is 0.164 e. The minimum absolute atomic E-state index is 0.622. The molecule has 11 aromatic rings. The number of aromatic nitrogens is 4. The van der Waals surface area contributed by atoms with Crippen LogP contribution in [0.5, 0.6) is 0 Å². The van der Waals surface area contributed by atoms with Crippen LogP contribution in [0.2, 0.25) is 0 Å². The third kappa shape index (κ3) is 5.29. The lowest BCUT2D eigenvalue weighted by Crippen LogP contribution is -2.00. The summed E-state index contributed by atoms with van der Waals surface area (Å²) in [6, 6.07) is 67.4. The maximum Gasteiger partial charge on any atom is 0.164 e. The predicted molar refractivity (Wildman–Crippen MR) is 229 cm³/mol. The first-order chi connectivity index (χ1) is 27.8. The third-order valence-corrected chi connectivity index (χ3v) is 10.7. The van der Waals surface area contributed by atoms with Crippen LogP contribution < -0.4 is 0 Å². The molecule has 0 saturated heterocycles. The van der Waals surface area contributed by atoms with Crippen molar-refractivity contribution in [2.24, 2.45) is 0 Å². The van der Waals surface area contributed by atoms with Crippen molar-refractivity contribution in [3.05, 3.63) is 194 Å². The molecule has 0 spiro atoms. The Kier molecular flexibility index (Phi) is 7.42. The quantitative estimate of drug-likeness (QED) is 0.172. The van der Waals surface area contributed by atoms with Crippen molar-refractivity contribution in [3.8, 4) is 62.1 Å². The minimum atomic E-state index is 0.622. The van der Waals surface area contributed by atoms with Crippen LogP contribution in [0.15, 0.2) is 199 Å². The summed E-state index contributed by atoms with van der Waals surface area (Å²) < 4.78 is 9.16. The molecule has 262 valence electrons. The van der Waals surface area contributed by atoms with Gasteiger partial charge in [-0.05, 0) is 41.5 Å². The molecule has 0 radical (unpaired) electrons. The highest BCUT2D eigenvalue weighted by Crippen LogP contribution is 2.42. The van der Waals surface area contributed by atoms with Crippen molar-refractivity contribution in [2.75, 3.05) is 0 Å².